The predicted octanol–water partition coefficient (Wildman–Crippen LogP) is 13.6. The quantitative estimate of drug-likeness (QED) is 0.114. The zero-order valence-corrected chi connectivity index (χ0v) is 29.8. The molecule has 0 aliphatic heterocycles. The van der Waals surface area contributed by atoms with Crippen LogP contribution in [-0.4, -0.2) is 0 Å². The first-order valence-electron chi connectivity index (χ1n) is 17.2. The maximum absolute atomic E-state index is 4.84. The summed E-state index contributed by atoms with van der Waals surface area (Å²) in [4.78, 5) is 0. The summed E-state index contributed by atoms with van der Waals surface area (Å²) in [6.45, 7) is 31.5. The van der Waals surface area contributed by atoms with Gasteiger partial charge in [-0.2, -0.15) is 0 Å². The monoisotopic (exact) mass is 614 g/mol. The first-order chi connectivity index (χ1) is 22.3. The number of hydrogen-bond donors (Lipinski definition) is 0. The van der Waals surface area contributed by atoms with Gasteiger partial charge in [0.25, 0.3) is 0 Å². The van der Waals surface area contributed by atoms with E-state index in [1.54, 1.807) is 0 Å². The van der Waals surface area contributed by atoms with Gasteiger partial charge in [-0.05, 0) is 129 Å². The van der Waals surface area contributed by atoms with Crippen LogP contribution in [0.4, 0.5) is 0 Å². The largest absolute Gasteiger partial charge is 0.103 e. The molecular weight excluding hydrogens is 565 g/mol. The molecule has 0 nitrogen and oxygen atoms in total. The Bertz CT molecular complexity index is 2090. The van der Waals surface area contributed by atoms with Crippen LogP contribution in [0.25, 0.3) is 49.4 Å². The number of hydrogen-bond acceptors (Lipinski definition) is 0. The second-order valence-electron chi connectivity index (χ2n) is 15.0. The minimum absolute atomic E-state index is 0.125. The smallest absolute Gasteiger partial charge is 0.0118 e. The van der Waals surface area contributed by atoms with E-state index in [1.165, 1.54) is 88.3 Å². The Labute approximate surface area is 283 Å². The number of rotatable bonds is 9. The maximum Gasteiger partial charge on any atom is 0.0118 e. The van der Waals surface area contributed by atoms with Crippen molar-refractivity contribution < 1.29 is 0 Å². The molecule has 0 fully saturated rings. The molecule has 6 rings (SSSR count). The average molecular weight is 615 g/mol. The molecule has 0 amide bonds. The molecule has 5 aromatic rings. The molecule has 5 aromatic carbocycles. The third kappa shape index (κ3) is 5.33. The van der Waals surface area contributed by atoms with Crippen LogP contribution in [0.15, 0.2) is 127 Å². The molecule has 0 heterocycles. The Kier molecular flexibility index (Phi) is 8.29. The number of aryl methyl sites for hydroxylation is 1. The Morgan fingerprint density at radius 3 is 1.83 bits per heavy atom. The Balaban J connectivity index is 1.73. The summed E-state index contributed by atoms with van der Waals surface area (Å²) in [6, 6.07) is 32.2. The van der Waals surface area contributed by atoms with E-state index in [0.29, 0.717) is 5.92 Å². The Morgan fingerprint density at radius 2 is 1.32 bits per heavy atom. The molecule has 1 aliphatic rings. The SMILES string of the molecule is C=CC(CC)C(C)(C)C(=C)C1=C(C)C(C)(C)c2cc3c(-c4ccc(CC(=C)C)cc4)c4ccccc4c(-c4ccc(C)cc4)c3cc21. The fourth-order valence-electron chi connectivity index (χ4n) is 8.05. The van der Waals surface area contributed by atoms with Crippen molar-refractivity contribution in [3.05, 3.63) is 150 Å². The summed E-state index contributed by atoms with van der Waals surface area (Å²) in [5.74, 6) is 0.342. The summed E-state index contributed by atoms with van der Waals surface area (Å²) >= 11 is 0. The van der Waals surface area contributed by atoms with Gasteiger partial charge in [0.15, 0.2) is 0 Å². The van der Waals surface area contributed by atoms with Crippen molar-refractivity contribution in [2.75, 3.05) is 0 Å². The highest BCUT2D eigenvalue weighted by molar-refractivity contribution is 6.22. The second kappa shape index (κ2) is 12.0. The van der Waals surface area contributed by atoms with Crippen LogP contribution in [0.2, 0.25) is 0 Å². The molecule has 238 valence electrons. The lowest BCUT2D eigenvalue weighted by molar-refractivity contribution is 0.322. The summed E-state index contributed by atoms with van der Waals surface area (Å²) in [5, 5.41) is 5.15. The molecule has 1 unspecified atom stereocenters. The molecular formula is C47H50. The summed E-state index contributed by atoms with van der Waals surface area (Å²) < 4.78 is 0. The van der Waals surface area contributed by atoms with E-state index in [-0.39, 0.29) is 10.8 Å². The van der Waals surface area contributed by atoms with Gasteiger partial charge in [-0.25, -0.2) is 0 Å². The van der Waals surface area contributed by atoms with E-state index in [2.05, 4.69) is 160 Å². The fraction of sp³-hybridized carbons (Fsp3) is 0.277. The molecule has 1 atom stereocenters. The zero-order valence-electron chi connectivity index (χ0n) is 29.8. The second-order valence-corrected chi connectivity index (χ2v) is 15.0. The van der Waals surface area contributed by atoms with Crippen LogP contribution in [0.5, 0.6) is 0 Å². The van der Waals surface area contributed by atoms with Crippen molar-refractivity contribution in [2.45, 2.75) is 73.6 Å². The third-order valence-corrected chi connectivity index (χ3v) is 11.2. The minimum atomic E-state index is -0.133. The third-order valence-electron chi connectivity index (χ3n) is 11.2. The van der Waals surface area contributed by atoms with Crippen LogP contribution >= 0.6 is 0 Å². The minimum Gasteiger partial charge on any atom is -0.103 e. The normalized spacial score (nSPS) is 14.8. The molecule has 0 heteroatoms. The molecule has 0 bridgehead atoms. The van der Waals surface area contributed by atoms with Crippen LogP contribution in [0.3, 0.4) is 0 Å². The molecule has 0 aromatic heterocycles. The Hall–Kier alpha value is -4.42. The maximum atomic E-state index is 4.84. The summed E-state index contributed by atoms with van der Waals surface area (Å²) in [5.41, 5.74) is 15.2. The fourth-order valence-corrected chi connectivity index (χ4v) is 8.05. The molecule has 0 saturated carbocycles. The highest BCUT2D eigenvalue weighted by Crippen LogP contribution is 2.56. The molecule has 0 saturated heterocycles. The number of fused-ring (bicyclic) bond motifs is 3. The van der Waals surface area contributed by atoms with Crippen molar-refractivity contribution in [2.24, 2.45) is 11.3 Å². The first-order valence-corrected chi connectivity index (χ1v) is 17.2. The number of allylic oxidation sites excluding steroid dienone is 5. The van der Waals surface area contributed by atoms with Gasteiger partial charge >= 0.3 is 0 Å². The standard InChI is InChI=1S/C47H50/c1-12-36(13-2)46(8,9)31(6)43-32(7)47(10,11)42-28-40-39(27-41(42)43)44(34-22-18-30(5)19-23-34)37-16-14-15-17-38(37)45(40)35-24-20-33(21-25-35)26-29(3)4/h12,14-25,27-28,36H,1,3,6,13,26H2,2,4-5,7-11H3. The van der Waals surface area contributed by atoms with Gasteiger partial charge < -0.3 is 0 Å². The van der Waals surface area contributed by atoms with Gasteiger partial charge in [0.2, 0.25) is 0 Å². The average Bonchev–Trinajstić information content (AvgIpc) is 3.23. The van der Waals surface area contributed by atoms with Gasteiger partial charge in [0.1, 0.15) is 0 Å². The van der Waals surface area contributed by atoms with E-state index in [9.17, 15) is 0 Å². The molecule has 47 heavy (non-hydrogen) atoms. The van der Waals surface area contributed by atoms with Crippen molar-refractivity contribution in [1.82, 2.24) is 0 Å². The van der Waals surface area contributed by atoms with Gasteiger partial charge in [0.05, 0.1) is 0 Å². The van der Waals surface area contributed by atoms with E-state index >= 15 is 0 Å². The van der Waals surface area contributed by atoms with Crippen LogP contribution in [-0.2, 0) is 11.8 Å². The number of benzene rings is 5. The van der Waals surface area contributed by atoms with Gasteiger partial charge in [-0.1, -0.05) is 143 Å². The summed E-state index contributed by atoms with van der Waals surface area (Å²) in [7, 11) is 0. The highest BCUT2D eigenvalue weighted by Gasteiger charge is 2.41. The first kappa shape index (κ1) is 32.5. The predicted molar refractivity (Wildman–Crippen MR) is 208 cm³/mol. The van der Waals surface area contributed by atoms with E-state index in [4.69, 9.17) is 6.58 Å². The van der Waals surface area contributed by atoms with Gasteiger partial charge in [-0.15, -0.1) is 6.58 Å². The lowest BCUT2D eigenvalue weighted by Gasteiger charge is -2.35. The van der Waals surface area contributed by atoms with Crippen LogP contribution in [0.1, 0.15) is 77.1 Å². The molecule has 1 aliphatic carbocycles. The van der Waals surface area contributed by atoms with E-state index in [0.717, 1.165) is 12.8 Å². The molecule has 0 radical (unpaired) electrons. The lowest BCUT2D eigenvalue weighted by atomic mass is 9.69. The van der Waals surface area contributed by atoms with Crippen molar-refractivity contribution >= 4 is 27.1 Å². The van der Waals surface area contributed by atoms with Gasteiger partial charge in [-0.3, -0.25) is 0 Å². The lowest BCUT2D eigenvalue weighted by Crippen LogP contribution is -2.25. The van der Waals surface area contributed by atoms with Crippen LogP contribution in [0, 0.1) is 18.3 Å². The zero-order chi connectivity index (χ0) is 33.8. The topological polar surface area (TPSA) is 0 Å². The van der Waals surface area contributed by atoms with E-state index in [1.807, 2.05) is 0 Å². The summed E-state index contributed by atoms with van der Waals surface area (Å²) in [6.07, 6.45) is 4.06. The van der Waals surface area contributed by atoms with Crippen LogP contribution < -0.4 is 0 Å². The van der Waals surface area contributed by atoms with Crippen molar-refractivity contribution in [3.63, 3.8) is 0 Å². The molecule has 0 N–H and O–H groups in total. The molecule has 0 spiro atoms. The Morgan fingerprint density at radius 1 is 0.787 bits per heavy atom. The van der Waals surface area contributed by atoms with E-state index < -0.39 is 0 Å². The van der Waals surface area contributed by atoms with Gasteiger partial charge in [0, 0.05) is 5.41 Å². The van der Waals surface area contributed by atoms with Crippen molar-refractivity contribution in [3.8, 4) is 22.3 Å². The highest BCUT2D eigenvalue weighted by atomic mass is 14.4. The van der Waals surface area contributed by atoms with Crippen molar-refractivity contribution in [1.29, 1.82) is 0 Å².